The maximum absolute atomic E-state index is 13.1. The van der Waals surface area contributed by atoms with Gasteiger partial charge in [0, 0.05) is 25.4 Å². The normalized spacial score (nSPS) is 23.3. The molecule has 0 radical (unpaired) electrons. The van der Waals surface area contributed by atoms with E-state index in [1.165, 1.54) is 24.2 Å². The van der Waals surface area contributed by atoms with Crippen LogP contribution in [-0.4, -0.2) is 57.2 Å². The molecule has 1 aliphatic carbocycles. The third kappa shape index (κ3) is 3.55. The van der Waals surface area contributed by atoms with Crippen LogP contribution >= 0.6 is 11.3 Å². The molecule has 1 aliphatic heterocycles. The van der Waals surface area contributed by atoms with Crippen molar-refractivity contribution in [3.05, 3.63) is 29.0 Å². The van der Waals surface area contributed by atoms with Crippen LogP contribution in [0.15, 0.2) is 23.6 Å². The number of thiazole rings is 1. The van der Waals surface area contributed by atoms with Gasteiger partial charge in [-0.15, -0.1) is 0 Å². The van der Waals surface area contributed by atoms with Gasteiger partial charge in [-0.1, -0.05) is 11.3 Å². The van der Waals surface area contributed by atoms with Gasteiger partial charge in [-0.2, -0.15) is 10.1 Å². The molecule has 2 fully saturated rings. The van der Waals surface area contributed by atoms with Gasteiger partial charge in [-0.05, 0) is 19.8 Å². The van der Waals surface area contributed by atoms with Gasteiger partial charge in [0.25, 0.3) is 0 Å². The Kier molecular flexibility index (Phi) is 4.83. The van der Waals surface area contributed by atoms with Gasteiger partial charge < -0.3 is 9.64 Å². The molecule has 0 spiro atoms. The van der Waals surface area contributed by atoms with Crippen molar-refractivity contribution in [3.8, 4) is 0 Å². The van der Waals surface area contributed by atoms with Crippen molar-refractivity contribution in [1.29, 1.82) is 0 Å². The first-order valence-electron chi connectivity index (χ1n) is 9.96. The lowest BCUT2D eigenvalue weighted by atomic mass is 10.1. The molecule has 5 rings (SSSR count). The summed E-state index contributed by atoms with van der Waals surface area (Å²) >= 11 is 1.48. The molecule has 8 nitrogen and oxygen atoms in total. The molecular weight excluding hydrogens is 393 g/mol. The number of fused-ring (bicyclic) bond motifs is 1. The fourth-order valence-electron chi connectivity index (χ4n) is 3.82. The first kappa shape index (κ1) is 18.7. The van der Waals surface area contributed by atoms with Gasteiger partial charge in [0.15, 0.2) is 10.4 Å². The average molecular weight is 418 g/mol. The Morgan fingerprint density at radius 1 is 1.31 bits per heavy atom. The van der Waals surface area contributed by atoms with E-state index >= 15 is 0 Å². The number of hydrogen-bond acceptors (Lipinski definition) is 7. The van der Waals surface area contributed by atoms with Gasteiger partial charge in [-0.3, -0.25) is 14.2 Å². The number of alkyl halides is 1. The number of aryl methyl sites for hydroxylation is 1. The molecule has 0 amide bonds. The molecule has 0 N–H and O–H groups in total. The zero-order valence-corrected chi connectivity index (χ0v) is 17.3. The third-order valence-electron chi connectivity index (χ3n) is 5.37. The van der Waals surface area contributed by atoms with E-state index in [1.54, 1.807) is 7.05 Å². The van der Waals surface area contributed by atoms with E-state index in [1.807, 2.05) is 21.6 Å². The fraction of sp³-hybridized carbons (Fsp3) is 0.579. The van der Waals surface area contributed by atoms with Gasteiger partial charge in [-0.25, -0.2) is 9.37 Å². The minimum Gasteiger partial charge on any atom is -0.367 e. The maximum atomic E-state index is 13.1. The zero-order valence-electron chi connectivity index (χ0n) is 16.5. The maximum Gasteiger partial charge on any atom is 0.227 e. The number of hydrogen-bond donors (Lipinski definition) is 0. The number of ether oxygens (including phenoxy) is 1. The van der Waals surface area contributed by atoms with E-state index in [4.69, 9.17) is 9.72 Å². The highest BCUT2D eigenvalue weighted by atomic mass is 32.1. The Morgan fingerprint density at radius 2 is 2.17 bits per heavy atom. The SMILES string of the molecule is CN=c1sc2cnc(N3C[C@@H](C)O[C@@H](c4cnn(C5CC5)c4)C3)nc2n1CCF. The lowest BCUT2D eigenvalue weighted by molar-refractivity contribution is -0.0178. The highest BCUT2D eigenvalue weighted by Crippen LogP contribution is 2.35. The Hall–Kier alpha value is -2.33. The van der Waals surface area contributed by atoms with Crippen molar-refractivity contribution in [2.75, 3.05) is 31.7 Å². The van der Waals surface area contributed by atoms with Crippen LogP contribution in [0.3, 0.4) is 0 Å². The van der Waals surface area contributed by atoms with Crippen molar-refractivity contribution in [2.45, 2.75) is 44.6 Å². The molecule has 154 valence electrons. The molecule has 4 heterocycles. The summed E-state index contributed by atoms with van der Waals surface area (Å²) in [5.74, 6) is 0.639. The lowest BCUT2D eigenvalue weighted by Gasteiger charge is -2.36. The van der Waals surface area contributed by atoms with E-state index in [-0.39, 0.29) is 18.8 Å². The summed E-state index contributed by atoms with van der Waals surface area (Å²) in [5.41, 5.74) is 1.82. The van der Waals surface area contributed by atoms with E-state index in [9.17, 15) is 4.39 Å². The van der Waals surface area contributed by atoms with Crippen LogP contribution in [0.2, 0.25) is 0 Å². The monoisotopic (exact) mass is 417 g/mol. The highest BCUT2D eigenvalue weighted by Gasteiger charge is 2.31. The minimum atomic E-state index is -0.458. The summed E-state index contributed by atoms with van der Waals surface area (Å²) in [6.07, 6.45) is 8.19. The van der Waals surface area contributed by atoms with Gasteiger partial charge in [0.1, 0.15) is 12.8 Å². The molecule has 2 aliphatic rings. The van der Waals surface area contributed by atoms with Gasteiger partial charge in [0.05, 0.1) is 42.3 Å². The molecule has 3 aromatic rings. The van der Waals surface area contributed by atoms with Crippen molar-refractivity contribution in [1.82, 2.24) is 24.3 Å². The Morgan fingerprint density at radius 3 is 2.93 bits per heavy atom. The van der Waals surface area contributed by atoms with Crippen LogP contribution in [0.25, 0.3) is 10.3 Å². The predicted molar refractivity (Wildman–Crippen MR) is 109 cm³/mol. The summed E-state index contributed by atoms with van der Waals surface area (Å²) < 4.78 is 24.0. The molecule has 10 heteroatoms. The topological polar surface area (TPSA) is 73.4 Å². The van der Waals surface area contributed by atoms with Crippen molar-refractivity contribution in [2.24, 2.45) is 4.99 Å². The number of anilines is 1. The number of rotatable bonds is 5. The highest BCUT2D eigenvalue weighted by molar-refractivity contribution is 7.16. The van der Waals surface area contributed by atoms with Crippen molar-refractivity contribution < 1.29 is 9.13 Å². The summed E-state index contributed by atoms with van der Waals surface area (Å²) in [6, 6.07) is 0.550. The average Bonchev–Trinajstić information content (AvgIpc) is 3.35. The number of halogens is 1. The van der Waals surface area contributed by atoms with Crippen LogP contribution in [0.1, 0.15) is 37.5 Å². The van der Waals surface area contributed by atoms with E-state index in [2.05, 4.69) is 33.1 Å². The summed E-state index contributed by atoms with van der Waals surface area (Å²) in [4.78, 5) is 16.5. The second-order valence-electron chi connectivity index (χ2n) is 7.63. The summed E-state index contributed by atoms with van der Waals surface area (Å²) in [6.45, 7) is 3.21. The van der Waals surface area contributed by atoms with E-state index < -0.39 is 6.67 Å². The van der Waals surface area contributed by atoms with Gasteiger partial charge in [0.2, 0.25) is 5.95 Å². The lowest BCUT2D eigenvalue weighted by Crippen LogP contribution is -2.43. The molecule has 0 aromatic carbocycles. The van der Waals surface area contributed by atoms with Crippen molar-refractivity contribution >= 4 is 27.6 Å². The third-order valence-corrected chi connectivity index (χ3v) is 6.46. The van der Waals surface area contributed by atoms with Crippen LogP contribution in [0, 0.1) is 0 Å². The molecule has 0 bridgehead atoms. The van der Waals surface area contributed by atoms with Crippen molar-refractivity contribution in [3.63, 3.8) is 0 Å². The minimum absolute atomic E-state index is 0.0407. The Labute approximate surface area is 171 Å². The Balaban J connectivity index is 1.45. The summed E-state index contributed by atoms with van der Waals surface area (Å²) in [7, 11) is 1.71. The standard InChI is InChI=1S/C19H24FN7OS/c1-12-9-25(11-15(28-12)13-7-23-27(10-13)14-3-4-14)18-22-8-16-17(24-18)26(6-5-20)19(21-2)29-16/h7-8,10,12,14-15H,3-6,9,11H2,1-2H3/t12-,15-/m1/s1. The van der Waals surface area contributed by atoms with Crippen LogP contribution < -0.4 is 9.70 Å². The van der Waals surface area contributed by atoms with Crippen LogP contribution in [0.5, 0.6) is 0 Å². The fourth-order valence-corrected chi connectivity index (χ4v) is 4.75. The second kappa shape index (κ2) is 7.49. The predicted octanol–water partition coefficient (Wildman–Crippen LogP) is 2.49. The van der Waals surface area contributed by atoms with E-state index in [0.717, 1.165) is 20.7 Å². The molecular formula is C19H24FN7OS. The first-order chi connectivity index (χ1) is 14.2. The summed E-state index contributed by atoms with van der Waals surface area (Å²) in [5, 5.41) is 4.50. The smallest absolute Gasteiger partial charge is 0.227 e. The number of aromatic nitrogens is 5. The first-order valence-corrected chi connectivity index (χ1v) is 10.8. The molecule has 2 atom stereocenters. The van der Waals surface area contributed by atoms with Crippen LogP contribution in [0.4, 0.5) is 10.3 Å². The Bertz CT molecular complexity index is 1090. The van der Waals surface area contributed by atoms with E-state index in [0.29, 0.717) is 25.1 Å². The largest absolute Gasteiger partial charge is 0.367 e. The van der Waals surface area contributed by atoms with Gasteiger partial charge >= 0.3 is 0 Å². The molecule has 1 saturated carbocycles. The molecule has 1 saturated heterocycles. The molecule has 0 unspecified atom stereocenters. The second-order valence-corrected chi connectivity index (χ2v) is 8.64. The quantitative estimate of drug-likeness (QED) is 0.638. The van der Waals surface area contributed by atoms with Crippen LogP contribution in [-0.2, 0) is 11.3 Å². The molecule has 29 heavy (non-hydrogen) atoms. The molecule has 3 aromatic heterocycles. The number of morpholine rings is 1. The number of nitrogens with zero attached hydrogens (tertiary/aromatic N) is 7. The zero-order chi connectivity index (χ0) is 20.0.